The molecule has 0 saturated carbocycles. The summed E-state index contributed by atoms with van der Waals surface area (Å²) < 4.78 is 102. The quantitative estimate of drug-likeness (QED) is 0.285. The monoisotopic (exact) mass is 514 g/mol. The fourth-order valence-corrected chi connectivity index (χ4v) is 0.815. The molecular weight excluding hydrogens is 499 g/mol. The van der Waals surface area contributed by atoms with E-state index in [0.29, 0.717) is 0 Å². The third-order valence-corrected chi connectivity index (χ3v) is 1.86. The van der Waals surface area contributed by atoms with E-state index in [9.17, 15) is 53.9 Å². The molecule has 0 saturated heterocycles. The summed E-state index contributed by atoms with van der Waals surface area (Å²) in [6.07, 6.45) is -14.3. The van der Waals surface area contributed by atoms with Gasteiger partial charge in [-0.2, -0.15) is 39.5 Å². The van der Waals surface area contributed by atoms with E-state index in [1.54, 1.807) is 0 Å². The smallest absolute Gasteiger partial charge is 0.454 e. The van der Waals surface area contributed by atoms with Crippen molar-refractivity contribution in [2.45, 2.75) is 39.3 Å². The van der Waals surface area contributed by atoms with Gasteiger partial charge in [-0.1, -0.05) is 0 Å². The van der Waals surface area contributed by atoms with Crippen molar-refractivity contribution in [3.8, 4) is 0 Å². The van der Waals surface area contributed by atoms with E-state index in [2.05, 4.69) is 0 Å². The Morgan fingerprint density at radius 1 is 0.516 bits per heavy atom. The molecule has 0 aliphatic rings. The second kappa shape index (κ2) is 14.5. The van der Waals surface area contributed by atoms with Crippen molar-refractivity contribution in [1.82, 2.24) is 0 Å². The van der Waals surface area contributed by atoms with Crippen molar-refractivity contribution < 1.29 is 86.6 Å². The van der Waals surface area contributed by atoms with Gasteiger partial charge in [0.15, 0.2) is 0 Å². The second-order valence-electron chi connectivity index (χ2n) is 4.94. The molecule has 0 aromatic rings. The van der Waals surface area contributed by atoms with Crippen molar-refractivity contribution in [3.05, 3.63) is 35.5 Å². The fraction of sp³-hybridized carbons (Fsp3) is 0.400. The van der Waals surface area contributed by atoms with Crippen molar-refractivity contribution in [2.75, 3.05) is 0 Å². The molecule has 0 aromatic carbocycles. The van der Waals surface area contributed by atoms with Crippen LogP contribution in [0.3, 0.4) is 0 Å². The summed E-state index contributed by atoms with van der Waals surface area (Å²) in [5.41, 5.74) is 0. The van der Waals surface area contributed by atoms with Crippen LogP contribution < -0.4 is 0 Å². The van der Waals surface area contributed by atoms with Gasteiger partial charge in [0.1, 0.15) is 0 Å². The Kier molecular flexibility index (Phi) is 16.8. The number of alkyl halides is 9. The number of allylic oxidation sites excluding steroid dienone is 6. The van der Waals surface area contributed by atoms with Gasteiger partial charge in [-0.25, -0.2) is 0 Å². The third kappa shape index (κ3) is 23.7. The zero-order valence-corrected chi connectivity index (χ0v) is 16.9. The molecule has 0 amide bonds. The summed E-state index contributed by atoms with van der Waals surface area (Å²) in [4.78, 5) is 29.7. The number of rotatable bonds is 3. The molecule has 0 heterocycles. The van der Waals surface area contributed by atoms with Gasteiger partial charge in [0.2, 0.25) is 0 Å². The number of aliphatic hydroxyl groups is 3. The van der Waals surface area contributed by atoms with Crippen LogP contribution in [-0.4, -0.2) is 51.2 Å². The zero-order valence-electron chi connectivity index (χ0n) is 15.6. The van der Waals surface area contributed by atoms with Gasteiger partial charge in [-0.05, 0) is 20.8 Å². The van der Waals surface area contributed by atoms with Crippen molar-refractivity contribution >= 4 is 17.3 Å². The SMILES string of the molecule is CC(O)=CC(=O)C(F)(F)F.CC(O)=CC(=O)C(F)(F)F.CC(O)=CC(=O)C(F)(F)F.[Cr]. The van der Waals surface area contributed by atoms with E-state index in [4.69, 9.17) is 15.3 Å². The Bertz CT molecular complexity index is 594. The van der Waals surface area contributed by atoms with Gasteiger partial charge in [0.25, 0.3) is 17.3 Å². The summed E-state index contributed by atoms with van der Waals surface area (Å²) in [6, 6.07) is 0. The summed E-state index contributed by atoms with van der Waals surface area (Å²) in [7, 11) is 0. The van der Waals surface area contributed by atoms with Crippen molar-refractivity contribution in [2.24, 2.45) is 0 Å². The summed E-state index contributed by atoms with van der Waals surface area (Å²) >= 11 is 0. The maximum absolute atomic E-state index is 11.3. The number of aliphatic hydroxyl groups excluding tert-OH is 3. The Labute approximate surface area is 179 Å². The first-order valence-electron chi connectivity index (χ1n) is 6.97. The van der Waals surface area contributed by atoms with Gasteiger partial charge in [-0.15, -0.1) is 0 Å². The van der Waals surface area contributed by atoms with Crippen LogP contribution in [-0.2, 0) is 31.7 Å². The number of carbonyl (C=O) groups is 3. The zero-order chi connectivity index (χ0) is 25.1. The second-order valence-corrected chi connectivity index (χ2v) is 4.94. The molecule has 0 aliphatic heterocycles. The molecule has 0 spiro atoms. The Hall–Kier alpha value is -2.47. The van der Waals surface area contributed by atoms with E-state index < -0.39 is 53.2 Å². The van der Waals surface area contributed by atoms with E-state index in [-0.39, 0.29) is 35.6 Å². The Morgan fingerprint density at radius 3 is 0.677 bits per heavy atom. The van der Waals surface area contributed by atoms with Gasteiger partial charge >= 0.3 is 18.5 Å². The number of carbonyl (C=O) groups excluding carboxylic acids is 3. The first kappa shape index (κ1) is 35.9. The van der Waals surface area contributed by atoms with Crippen LogP contribution in [0, 0.1) is 0 Å². The Morgan fingerprint density at radius 2 is 0.645 bits per heavy atom. The minimum absolute atomic E-state index is 0. The molecule has 6 nitrogen and oxygen atoms in total. The number of hydrogen-bond acceptors (Lipinski definition) is 6. The third-order valence-electron chi connectivity index (χ3n) is 1.86. The largest absolute Gasteiger partial charge is 0.512 e. The molecule has 16 heteroatoms. The minimum atomic E-state index is -4.88. The molecule has 0 bridgehead atoms. The van der Waals surface area contributed by atoms with E-state index in [0.717, 1.165) is 20.8 Å². The number of halogens is 9. The first-order valence-corrected chi connectivity index (χ1v) is 6.97. The molecule has 0 rings (SSSR count). The molecule has 0 unspecified atom stereocenters. The van der Waals surface area contributed by atoms with Crippen molar-refractivity contribution in [3.63, 3.8) is 0 Å². The van der Waals surface area contributed by atoms with E-state index in [1.807, 2.05) is 0 Å². The van der Waals surface area contributed by atoms with Crippen LogP contribution in [0.25, 0.3) is 0 Å². The predicted molar refractivity (Wildman–Crippen MR) is 82.3 cm³/mol. The molecule has 31 heavy (non-hydrogen) atoms. The number of hydrogen-bond donors (Lipinski definition) is 3. The van der Waals surface area contributed by atoms with E-state index >= 15 is 0 Å². The van der Waals surface area contributed by atoms with E-state index in [1.165, 1.54) is 0 Å². The molecule has 0 radical (unpaired) electrons. The maximum Gasteiger partial charge on any atom is 0.454 e. The normalized spacial score (nSPS) is 13.0. The molecule has 0 atom stereocenters. The van der Waals surface area contributed by atoms with Gasteiger partial charge < -0.3 is 15.3 Å². The van der Waals surface area contributed by atoms with Crippen LogP contribution >= 0.6 is 0 Å². The van der Waals surface area contributed by atoms with Crippen molar-refractivity contribution in [1.29, 1.82) is 0 Å². The maximum atomic E-state index is 11.3. The van der Waals surface area contributed by atoms with Gasteiger partial charge in [0.05, 0.1) is 17.3 Å². The van der Waals surface area contributed by atoms with Crippen LogP contribution in [0.5, 0.6) is 0 Å². The molecule has 3 N–H and O–H groups in total. The van der Waals surface area contributed by atoms with Gasteiger partial charge in [-0.3, -0.25) is 14.4 Å². The van der Waals surface area contributed by atoms with Crippen LogP contribution in [0.2, 0.25) is 0 Å². The average Bonchev–Trinajstić information content (AvgIpc) is 2.43. The predicted octanol–water partition coefficient (Wildman–Crippen LogP) is 4.74. The standard InChI is InChI=1S/3C5H5F3O2.Cr/c3*1-3(9)2-4(10)5(6,7)8;/h3*2,9H,1H3;. The topological polar surface area (TPSA) is 112 Å². The molecule has 0 fully saturated rings. The first-order chi connectivity index (χ1) is 13.0. The summed E-state index contributed by atoms with van der Waals surface area (Å²) in [6.45, 7) is 2.97. The summed E-state index contributed by atoms with van der Waals surface area (Å²) in [5, 5.41) is 24.7. The molecule has 0 aromatic heterocycles. The van der Waals surface area contributed by atoms with Gasteiger partial charge in [0, 0.05) is 35.6 Å². The van der Waals surface area contributed by atoms with Crippen LogP contribution in [0.15, 0.2) is 35.5 Å². The Balaban J connectivity index is -0.000000174. The molecular formula is C15H15CrF9O6. The minimum Gasteiger partial charge on any atom is -0.512 e. The fourth-order valence-electron chi connectivity index (χ4n) is 0.815. The van der Waals surface area contributed by atoms with Crippen LogP contribution in [0.4, 0.5) is 39.5 Å². The molecule has 180 valence electrons. The number of ketones is 3. The van der Waals surface area contributed by atoms with Crippen LogP contribution in [0.1, 0.15) is 20.8 Å². The average molecular weight is 514 g/mol. The molecule has 0 aliphatic carbocycles. The summed E-state index contributed by atoms with van der Waals surface area (Å²) in [5.74, 6) is -8.10.